The molecule has 0 aliphatic rings. The molecule has 9 nitrogen and oxygen atoms in total. The van der Waals surface area contributed by atoms with Gasteiger partial charge >= 0.3 is 5.69 Å². The van der Waals surface area contributed by atoms with Crippen molar-refractivity contribution in [1.29, 1.82) is 0 Å². The molecule has 4 aromatic rings. The number of benzene rings is 2. The Bertz CT molecular complexity index is 1350. The lowest BCUT2D eigenvalue weighted by molar-refractivity contribution is -0.116. The number of amides is 2. The van der Waals surface area contributed by atoms with Crippen LogP contribution in [0.2, 0.25) is 0 Å². The molecular weight excluding hydrogens is 388 g/mol. The Morgan fingerprint density at radius 1 is 0.933 bits per heavy atom. The first-order valence-electron chi connectivity index (χ1n) is 8.98. The van der Waals surface area contributed by atoms with Crippen LogP contribution in [-0.2, 0) is 11.3 Å². The lowest BCUT2D eigenvalue weighted by Crippen LogP contribution is -2.34. The van der Waals surface area contributed by atoms with E-state index in [1.54, 1.807) is 54.6 Å². The molecule has 0 saturated heterocycles. The van der Waals surface area contributed by atoms with Gasteiger partial charge < -0.3 is 15.1 Å². The van der Waals surface area contributed by atoms with E-state index in [0.717, 1.165) is 0 Å². The van der Waals surface area contributed by atoms with E-state index < -0.39 is 23.1 Å². The number of furan rings is 1. The van der Waals surface area contributed by atoms with Crippen LogP contribution in [0, 0.1) is 0 Å². The lowest BCUT2D eigenvalue weighted by atomic mass is 10.2. The molecule has 0 spiro atoms. The van der Waals surface area contributed by atoms with Gasteiger partial charge in [-0.3, -0.25) is 23.9 Å². The quantitative estimate of drug-likeness (QED) is 0.470. The van der Waals surface area contributed by atoms with Crippen LogP contribution in [0.1, 0.15) is 10.6 Å². The number of nitrogens with zero attached hydrogens (tertiary/aromatic N) is 1. The van der Waals surface area contributed by atoms with E-state index in [1.807, 2.05) is 0 Å². The van der Waals surface area contributed by atoms with Crippen LogP contribution in [0.4, 0.5) is 11.4 Å². The molecule has 0 bridgehead atoms. The number of H-pyrrole nitrogens is 1. The highest BCUT2D eigenvalue weighted by atomic mass is 16.3. The SMILES string of the molecule is O=C(Cn1c(=O)[nH]c(=O)c2ccccc21)Nc1cccc(NC(=O)c2ccco2)c1. The van der Waals surface area contributed by atoms with E-state index in [0.29, 0.717) is 22.3 Å². The van der Waals surface area contributed by atoms with Crippen LogP contribution >= 0.6 is 0 Å². The maximum absolute atomic E-state index is 12.5. The molecule has 3 N–H and O–H groups in total. The molecule has 30 heavy (non-hydrogen) atoms. The molecule has 0 radical (unpaired) electrons. The van der Waals surface area contributed by atoms with E-state index in [1.165, 1.54) is 16.9 Å². The van der Waals surface area contributed by atoms with Gasteiger partial charge in [0.25, 0.3) is 11.5 Å². The maximum atomic E-state index is 12.5. The molecule has 2 amide bonds. The van der Waals surface area contributed by atoms with Crippen molar-refractivity contribution in [3.63, 3.8) is 0 Å². The first-order valence-corrected chi connectivity index (χ1v) is 8.98. The van der Waals surface area contributed by atoms with Gasteiger partial charge in [-0.25, -0.2) is 4.79 Å². The molecule has 0 saturated carbocycles. The number of anilines is 2. The standard InChI is InChI=1S/C21H16N4O5/c26-18(12-25-16-8-2-1-7-15(16)19(27)24-21(25)29)22-13-5-3-6-14(11-13)23-20(28)17-9-4-10-30-17/h1-11H,12H2,(H,22,26)(H,23,28)(H,24,27,29). The van der Waals surface area contributed by atoms with E-state index in [4.69, 9.17) is 4.42 Å². The summed E-state index contributed by atoms with van der Waals surface area (Å²) in [5.41, 5.74) is 0.0707. The number of para-hydroxylation sites is 1. The van der Waals surface area contributed by atoms with E-state index in [2.05, 4.69) is 15.6 Å². The molecule has 2 aromatic heterocycles. The highest BCUT2D eigenvalue weighted by molar-refractivity contribution is 6.02. The Labute approximate surface area is 169 Å². The molecule has 2 aromatic carbocycles. The molecule has 150 valence electrons. The molecule has 0 fully saturated rings. The molecule has 0 aliphatic heterocycles. The van der Waals surface area contributed by atoms with E-state index >= 15 is 0 Å². The van der Waals surface area contributed by atoms with Crippen molar-refractivity contribution in [2.75, 3.05) is 10.6 Å². The fourth-order valence-electron chi connectivity index (χ4n) is 3.02. The van der Waals surface area contributed by atoms with Crippen molar-refractivity contribution < 1.29 is 14.0 Å². The fraction of sp³-hybridized carbons (Fsp3) is 0.0476. The van der Waals surface area contributed by atoms with Gasteiger partial charge in [0.05, 0.1) is 17.2 Å². The number of aromatic amines is 1. The average Bonchev–Trinajstić information content (AvgIpc) is 3.26. The van der Waals surface area contributed by atoms with Crippen LogP contribution < -0.4 is 21.9 Å². The van der Waals surface area contributed by atoms with E-state index in [-0.39, 0.29) is 12.3 Å². The van der Waals surface area contributed by atoms with Crippen molar-refractivity contribution in [3.05, 3.63) is 93.5 Å². The first kappa shape index (κ1) is 18.9. The molecular formula is C21H16N4O5. The van der Waals surface area contributed by atoms with Crippen molar-refractivity contribution in [2.45, 2.75) is 6.54 Å². The van der Waals surface area contributed by atoms with Crippen LogP contribution in [0.15, 0.2) is 80.9 Å². The van der Waals surface area contributed by atoms with Crippen molar-refractivity contribution in [3.8, 4) is 0 Å². The van der Waals surface area contributed by atoms with Crippen LogP contribution in [0.5, 0.6) is 0 Å². The van der Waals surface area contributed by atoms with Crippen LogP contribution in [0.25, 0.3) is 10.9 Å². The highest BCUT2D eigenvalue weighted by Gasteiger charge is 2.12. The summed E-state index contributed by atoms with van der Waals surface area (Å²) >= 11 is 0. The number of aromatic nitrogens is 2. The Morgan fingerprint density at radius 3 is 2.47 bits per heavy atom. The predicted molar refractivity (Wildman–Crippen MR) is 111 cm³/mol. The summed E-state index contributed by atoms with van der Waals surface area (Å²) in [4.78, 5) is 50.9. The second-order valence-corrected chi connectivity index (χ2v) is 6.42. The Kier molecular flexibility index (Phi) is 5.00. The molecule has 0 atom stereocenters. The Balaban J connectivity index is 1.52. The monoisotopic (exact) mass is 404 g/mol. The number of hydrogen-bond acceptors (Lipinski definition) is 5. The van der Waals surface area contributed by atoms with Gasteiger partial charge in [-0.15, -0.1) is 0 Å². The summed E-state index contributed by atoms with van der Waals surface area (Å²) < 4.78 is 6.23. The normalized spacial score (nSPS) is 10.7. The Hall–Kier alpha value is -4.40. The zero-order valence-corrected chi connectivity index (χ0v) is 15.5. The maximum Gasteiger partial charge on any atom is 0.329 e. The van der Waals surface area contributed by atoms with Crippen molar-refractivity contribution in [1.82, 2.24) is 9.55 Å². The largest absolute Gasteiger partial charge is 0.459 e. The summed E-state index contributed by atoms with van der Waals surface area (Å²) in [6.45, 7) is -0.293. The van der Waals surface area contributed by atoms with Crippen LogP contribution in [0.3, 0.4) is 0 Å². The number of fused-ring (bicyclic) bond motifs is 1. The fourth-order valence-corrected chi connectivity index (χ4v) is 3.02. The molecule has 0 unspecified atom stereocenters. The number of hydrogen-bond donors (Lipinski definition) is 3. The van der Waals surface area contributed by atoms with Gasteiger partial charge in [-0.05, 0) is 42.5 Å². The second-order valence-electron chi connectivity index (χ2n) is 6.42. The zero-order valence-electron chi connectivity index (χ0n) is 15.5. The molecule has 4 rings (SSSR count). The summed E-state index contributed by atoms with van der Waals surface area (Å²) in [6, 6.07) is 16.2. The van der Waals surface area contributed by atoms with Gasteiger partial charge in [0.1, 0.15) is 6.54 Å². The minimum Gasteiger partial charge on any atom is -0.459 e. The first-order chi connectivity index (χ1) is 14.5. The van der Waals surface area contributed by atoms with Crippen molar-refractivity contribution >= 4 is 34.1 Å². The van der Waals surface area contributed by atoms with Gasteiger partial charge in [0.2, 0.25) is 5.91 Å². The van der Waals surface area contributed by atoms with Gasteiger partial charge in [0.15, 0.2) is 5.76 Å². The van der Waals surface area contributed by atoms with Gasteiger partial charge in [-0.2, -0.15) is 0 Å². The van der Waals surface area contributed by atoms with Gasteiger partial charge in [-0.1, -0.05) is 18.2 Å². The summed E-state index contributed by atoms with van der Waals surface area (Å²) in [7, 11) is 0. The average molecular weight is 404 g/mol. The second kappa shape index (κ2) is 7.92. The molecule has 9 heteroatoms. The molecule has 0 aliphatic carbocycles. The van der Waals surface area contributed by atoms with Gasteiger partial charge in [0, 0.05) is 11.4 Å². The third kappa shape index (κ3) is 3.90. The number of carbonyl (C=O) groups excluding carboxylic acids is 2. The smallest absolute Gasteiger partial charge is 0.329 e. The predicted octanol–water partition coefficient (Wildman–Crippen LogP) is 2.17. The summed E-state index contributed by atoms with van der Waals surface area (Å²) in [5, 5.41) is 5.66. The number of rotatable bonds is 5. The topological polar surface area (TPSA) is 126 Å². The summed E-state index contributed by atoms with van der Waals surface area (Å²) in [6.07, 6.45) is 1.40. The third-order valence-corrected chi connectivity index (χ3v) is 4.36. The third-order valence-electron chi connectivity index (χ3n) is 4.36. The minimum absolute atomic E-state index is 0.161. The lowest BCUT2D eigenvalue weighted by Gasteiger charge is -2.11. The van der Waals surface area contributed by atoms with Crippen molar-refractivity contribution in [2.24, 2.45) is 0 Å². The van der Waals surface area contributed by atoms with E-state index in [9.17, 15) is 19.2 Å². The minimum atomic E-state index is -0.673. The number of nitrogens with one attached hydrogen (secondary N) is 3. The molecule has 2 heterocycles. The van der Waals surface area contributed by atoms with Crippen LogP contribution in [-0.4, -0.2) is 21.4 Å². The summed E-state index contributed by atoms with van der Waals surface area (Å²) in [5.74, 6) is -0.729. The Morgan fingerprint density at radius 2 is 1.70 bits per heavy atom. The number of carbonyl (C=O) groups is 2. The zero-order chi connectivity index (χ0) is 21.1. The highest BCUT2D eigenvalue weighted by Crippen LogP contribution is 2.16.